The van der Waals surface area contributed by atoms with Gasteiger partial charge < -0.3 is 21.1 Å². The van der Waals surface area contributed by atoms with E-state index in [0.29, 0.717) is 29.5 Å². The molecule has 0 atom stereocenters. The predicted molar refractivity (Wildman–Crippen MR) is 147 cm³/mol. The summed E-state index contributed by atoms with van der Waals surface area (Å²) < 4.78 is 7.43. The van der Waals surface area contributed by atoms with Crippen LogP contribution in [0.1, 0.15) is 32.0 Å². The maximum absolute atomic E-state index is 12.9. The summed E-state index contributed by atoms with van der Waals surface area (Å²) in [6, 6.07) is 19.7. The van der Waals surface area contributed by atoms with Crippen molar-refractivity contribution in [2.75, 3.05) is 17.2 Å². The Morgan fingerprint density at radius 1 is 0.974 bits per heavy atom. The van der Waals surface area contributed by atoms with Gasteiger partial charge in [-0.1, -0.05) is 32.9 Å². The average molecular weight is 514 g/mol. The van der Waals surface area contributed by atoms with Gasteiger partial charge in [-0.15, -0.1) is 0 Å². The number of nitrogens with one attached hydrogen (secondary N) is 3. The molecule has 0 bridgehead atoms. The Morgan fingerprint density at radius 2 is 1.71 bits per heavy atom. The van der Waals surface area contributed by atoms with Gasteiger partial charge in [0.1, 0.15) is 17.3 Å². The summed E-state index contributed by atoms with van der Waals surface area (Å²) in [5, 5.41) is 13.2. The van der Waals surface area contributed by atoms with Gasteiger partial charge >= 0.3 is 6.03 Å². The van der Waals surface area contributed by atoms with Crippen LogP contribution in [0.5, 0.6) is 11.5 Å². The largest absolute Gasteiger partial charge is 0.456 e. The van der Waals surface area contributed by atoms with Crippen molar-refractivity contribution in [1.29, 1.82) is 0 Å². The van der Waals surface area contributed by atoms with E-state index in [2.05, 4.69) is 41.7 Å². The van der Waals surface area contributed by atoms with E-state index in [1.807, 2.05) is 36.4 Å². The number of carbonyl (C=O) groups excluding carboxylic acids is 2. The lowest BCUT2D eigenvalue weighted by atomic mass is 9.92. The second-order valence-electron chi connectivity index (χ2n) is 9.62. The maximum Gasteiger partial charge on any atom is 0.324 e. The molecule has 5 N–H and O–H groups in total. The first-order chi connectivity index (χ1) is 18.2. The number of hydrogen-bond acceptors (Lipinski definition) is 6. The first-order valence-electron chi connectivity index (χ1n) is 12.1. The number of nitrogens with two attached hydrogens (primary N) is 1. The van der Waals surface area contributed by atoms with Gasteiger partial charge in [0.15, 0.2) is 0 Å². The summed E-state index contributed by atoms with van der Waals surface area (Å²) in [5.41, 5.74) is 8.23. The van der Waals surface area contributed by atoms with Gasteiger partial charge in [-0.2, -0.15) is 5.10 Å². The molecule has 4 rings (SSSR count). The lowest BCUT2D eigenvalue weighted by Crippen LogP contribution is -2.29. The molecule has 38 heavy (non-hydrogen) atoms. The van der Waals surface area contributed by atoms with Crippen LogP contribution in [0.15, 0.2) is 79.1 Å². The van der Waals surface area contributed by atoms with E-state index < -0.39 is 6.03 Å². The van der Waals surface area contributed by atoms with E-state index in [1.165, 1.54) is 0 Å². The van der Waals surface area contributed by atoms with Crippen molar-refractivity contribution >= 4 is 23.4 Å². The van der Waals surface area contributed by atoms with Crippen molar-refractivity contribution in [2.45, 2.75) is 32.7 Å². The molecule has 196 valence electrons. The molecule has 2 aromatic carbocycles. The summed E-state index contributed by atoms with van der Waals surface area (Å²) in [6.45, 7) is 6.50. The minimum Gasteiger partial charge on any atom is -0.456 e. The normalized spacial score (nSPS) is 11.1. The third-order valence-corrected chi connectivity index (χ3v) is 5.56. The number of carbonyl (C=O) groups is 2. The fourth-order valence-electron chi connectivity index (χ4n) is 3.49. The molecule has 3 amide bonds. The predicted octanol–water partition coefficient (Wildman–Crippen LogP) is 4.58. The highest BCUT2D eigenvalue weighted by atomic mass is 16.5. The number of anilines is 2. The van der Waals surface area contributed by atoms with Crippen LogP contribution in [0.2, 0.25) is 0 Å². The summed E-state index contributed by atoms with van der Waals surface area (Å²) in [6.07, 6.45) is 3.30. The Kier molecular flexibility index (Phi) is 8.03. The SMILES string of the molecule is CC(C)(C)c1cc(NC(=O)Nc2ccc(Oc3cccnc3)cc2)n(-c2ccc(CNC(=O)CN)cc2)n1. The highest BCUT2D eigenvalue weighted by Gasteiger charge is 2.21. The molecule has 0 aliphatic rings. The molecule has 0 radical (unpaired) electrons. The zero-order valence-corrected chi connectivity index (χ0v) is 21.6. The second kappa shape index (κ2) is 11.6. The number of benzene rings is 2. The first-order valence-corrected chi connectivity index (χ1v) is 12.1. The van der Waals surface area contributed by atoms with Gasteiger partial charge in [0.25, 0.3) is 0 Å². The van der Waals surface area contributed by atoms with E-state index in [4.69, 9.17) is 15.6 Å². The van der Waals surface area contributed by atoms with Crippen molar-refractivity contribution in [3.63, 3.8) is 0 Å². The molecular formula is C28H31N7O3. The lowest BCUT2D eigenvalue weighted by Gasteiger charge is -2.14. The molecule has 0 aliphatic heterocycles. The Labute approximate surface area is 221 Å². The number of urea groups is 1. The van der Waals surface area contributed by atoms with Crippen LogP contribution in [-0.2, 0) is 16.8 Å². The van der Waals surface area contributed by atoms with Crippen molar-refractivity contribution in [1.82, 2.24) is 20.1 Å². The second-order valence-corrected chi connectivity index (χ2v) is 9.62. The maximum atomic E-state index is 12.9. The summed E-state index contributed by atoms with van der Waals surface area (Å²) in [5.74, 6) is 1.56. The zero-order chi connectivity index (χ0) is 27.1. The Hall–Kier alpha value is -4.70. The Morgan fingerprint density at radius 3 is 2.34 bits per heavy atom. The van der Waals surface area contributed by atoms with Crippen LogP contribution >= 0.6 is 0 Å². The minimum absolute atomic E-state index is 0.0542. The fraction of sp³-hybridized carbons (Fsp3) is 0.214. The van der Waals surface area contributed by atoms with E-state index in [1.54, 1.807) is 47.4 Å². The van der Waals surface area contributed by atoms with Gasteiger partial charge in [-0.25, -0.2) is 9.48 Å². The van der Waals surface area contributed by atoms with E-state index >= 15 is 0 Å². The lowest BCUT2D eigenvalue weighted by molar-refractivity contribution is -0.119. The van der Waals surface area contributed by atoms with Crippen LogP contribution < -0.4 is 26.4 Å². The van der Waals surface area contributed by atoms with Crippen molar-refractivity contribution < 1.29 is 14.3 Å². The molecule has 4 aromatic rings. The molecule has 2 aromatic heterocycles. The minimum atomic E-state index is -0.409. The van der Waals surface area contributed by atoms with Crippen molar-refractivity contribution in [3.05, 3.63) is 90.4 Å². The van der Waals surface area contributed by atoms with Crippen LogP contribution in [0, 0.1) is 0 Å². The standard InChI is InChI=1S/C28H31N7O3/c1-28(2,3)24-15-25(35(34-24)21-10-6-19(7-11-21)17-31-26(36)16-29)33-27(37)32-20-8-12-22(13-9-20)38-23-5-4-14-30-18-23/h4-15,18H,16-17,29H2,1-3H3,(H,31,36)(H2,32,33,37). The van der Waals surface area contributed by atoms with Crippen molar-refractivity contribution in [2.24, 2.45) is 5.73 Å². The zero-order valence-electron chi connectivity index (χ0n) is 21.6. The molecular weight excluding hydrogens is 482 g/mol. The number of ether oxygens (including phenoxy) is 1. The monoisotopic (exact) mass is 513 g/mol. The molecule has 2 heterocycles. The summed E-state index contributed by atoms with van der Waals surface area (Å²) >= 11 is 0. The summed E-state index contributed by atoms with van der Waals surface area (Å²) in [4.78, 5) is 28.3. The quantitative estimate of drug-likeness (QED) is 0.272. The third kappa shape index (κ3) is 6.95. The smallest absolute Gasteiger partial charge is 0.324 e. The van der Waals surface area contributed by atoms with E-state index in [9.17, 15) is 9.59 Å². The number of amides is 3. The highest BCUT2D eigenvalue weighted by molar-refractivity contribution is 5.99. The molecule has 10 heteroatoms. The molecule has 0 unspecified atom stereocenters. The number of nitrogens with zero attached hydrogens (tertiary/aromatic N) is 3. The average Bonchev–Trinajstić information content (AvgIpc) is 3.33. The number of rotatable bonds is 8. The van der Waals surface area contributed by atoms with E-state index in [-0.39, 0.29) is 17.9 Å². The van der Waals surface area contributed by atoms with Crippen LogP contribution in [0.25, 0.3) is 5.69 Å². The number of pyridine rings is 1. The molecule has 0 saturated heterocycles. The van der Waals surface area contributed by atoms with Crippen LogP contribution in [-0.4, -0.2) is 33.2 Å². The number of aromatic nitrogens is 3. The van der Waals surface area contributed by atoms with Gasteiger partial charge in [-0.3, -0.25) is 15.1 Å². The molecule has 0 aliphatic carbocycles. The van der Waals surface area contributed by atoms with Gasteiger partial charge in [0.05, 0.1) is 24.1 Å². The van der Waals surface area contributed by atoms with Crippen LogP contribution in [0.3, 0.4) is 0 Å². The molecule has 0 spiro atoms. The highest BCUT2D eigenvalue weighted by Crippen LogP contribution is 2.27. The molecule has 0 saturated carbocycles. The summed E-state index contributed by atoms with van der Waals surface area (Å²) in [7, 11) is 0. The number of hydrogen-bond donors (Lipinski definition) is 4. The van der Waals surface area contributed by atoms with Gasteiger partial charge in [0, 0.05) is 29.9 Å². The van der Waals surface area contributed by atoms with Crippen molar-refractivity contribution in [3.8, 4) is 17.2 Å². The Balaban J connectivity index is 1.46. The van der Waals surface area contributed by atoms with Gasteiger partial charge in [-0.05, 0) is 54.1 Å². The van der Waals surface area contributed by atoms with Crippen LogP contribution in [0.4, 0.5) is 16.3 Å². The van der Waals surface area contributed by atoms with E-state index in [0.717, 1.165) is 16.9 Å². The topological polar surface area (TPSA) is 136 Å². The molecule has 10 nitrogen and oxygen atoms in total. The Bertz CT molecular complexity index is 1380. The first kappa shape index (κ1) is 26.4. The third-order valence-electron chi connectivity index (χ3n) is 5.56. The fourth-order valence-corrected chi connectivity index (χ4v) is 3.49. The van der Waals surface area contributed by atoms with Gasteiger partial charge in [0.2, 0.25) is 5.91 Å². The molecule has 0 fully saturated rings.